The van der Waals surface area contributed by atoms with Crippen LogP contribution in [0.3, 0.4) is 0 Å². The number of anilines is 1. The van der Waals surface area contributed by atoms with Gasteiger partial charge in [-0.25, -0.2) is 9.78 Å². The molecule has 2 aromatic rings. The third-order valence-corrected chi connectivity index (χ3v) is 8.78. The molecule has 4 heterocycles. The Morgan fingerprint density at radius 1 is 1.42 bits per heavy atom. The molecule has 2 aliphatic rings. The minimum Gasteiger partial charge on any atom is -0.477 e. The van der Waals surface area contributed by atoms with Gasteiger partial charge in [-0.2, -0.15) is 0 Å². The van der Waals surface area contributed by atoms with Crippen molar-refractivity contribution in [1.29, 1.82) is 0 Å². The number of thiophene rings is 1. The number of nitrogens with zero attached hydrogens (tertiary/aromatic N) is 3. The first kappa shape index (κ1) is 23.7. The molecule has 11 nitrogen and oxygen atoms in total. The van der Waals surface area contributed by atoms with Crippen molar-refractivity contribution in [2.75, 3.05) is 18.6 Å². The lowest BCUT2D eigenvalue weighted by molar-refractivity contribution is -0.149. The Kier molecular flexibility index (Phi) is 6.76. The summed E-state index contributed by atoms with van der Waals surface area (Å²) in [5, 5.41) is 27.5. The molecular weight excluding hydrogens is 558 g/mol. The van der Waals surface area contributed by atoms with Crippen molar-refractivity contribution in [1.82, 2.24) is 15.2 Å². The van der Waals surface area contributed by atoms with E-state index in [2.05, 4.69) is 31.4 Å². The number of halogens is 1. The molecule has 2 aromatic heterocycles. The van der Waals surface area contributed by atoms with Crippen LogP contribution in [0.15, 0.2) is 26.1 Å². The van der Waals surface area contributed by atoms with Crippen LogP contribution in [-0.4, -0.2) is 68.0 Å². The first-order valence-electron chi connectivity index (χ1n) is 9.19. The molecule has 5 N–H and O–H groups in total. The molecule has 0 spiro atoms. The van der Waals surface area contributed by atoms with Crippen molar-refractivity contribution in [3.05, 3.63) is 37.1 Å². The standard InChI is InChI=1S/C18H16BrN5O6S3/c1-30-2-9-10(7(19)4-31-9)6-3-32-16-12(15(26)24(16)13(6)17(27)28)22-14(25)11(23-29)8-5-33-18(20)21-8/h4-5,12,16,29H,2-3H2,1H3,(H2,20,21)(H,22,25)(H,27,28)/t12-,16+/m1/s1. The Bertz CT molecular complexity index is 1210. The molecule has 33 heavy (non-hydrogen) atoms. The molecule has 4 rings (SSSR count). The van der Waals surface area contributed by atoms with Gasteiger partial charge in [-0.05, 0) is 15.9 Å². The Hall–Kier alpha value is -2.46. The van der Waals surface area contributed by atoms with Crippen LogP contribution in [-0.2, 0) is 25.7 Å². The topological polar surface area (TPSA) is 167 Å². The molecule has 2 atom stereocenters. The van der Waals surface area contributed by atoms with Crippen LogP contribution in [0.1, 0.15) is 16.1 Å². The number of fused-ring (bicyclic) bond motifs is 1. The maximum Gasteiger partial charge on any atom is 0.352 e. The van der Waals surface area contributed by atoms with Gasteiger partial charge >= 0.3 is 5.97 Å². The number of oxime groups is 1. The maximum atomic E-state index is 12.9. The smallest absolute Gasteiger partial charge is 0.352 e. The van der Waals surface area contributed by atoms with Crippen LogP contribution >= 0.6 is 50.4 Å². The van der Waals surface area contributed by atoms with Crippen LogP contribution in [0.4, 0.5) is 5.13 Å². The average Bonchev–Trinajstić information content (AvgIpc) is 3.37. The summed E-state index contributed by atoms with van der Waals surface area (Å²) in [5.41, 5.74) is 6.30. The van der Waals surface area contributed by atoms with E-state index in [4.69, 9.17) is 10.5 Å². The molecule has 0 aromatic carbocycles. The third-order valence-electron chi connectivity index (χ3n) is 4.94. The number of hydrogen-bond acceptors (Lipinski definition) is 11. The number of aromatic nitrogens is 1. The van der Waals surface area contributed by atoms with E-state index in [9.17, 15) is 24.7 Å². The van der Waals surface area contributed by atoms with E-state index in [1.807, 2.05) is 5.38 Å². The highest BCUT2D eigenvalue weighted by Crippen LogP contribution is 2.46. The van der Waals surface area contributed by atoms with Gasteiger partial charge in [0.15, 0.2) is 10.8 Å². The number of methoxy groups -OCH3 is 1. The summed E-state index contributed by atoms with van der Waals surface area (Å²) in [6.45, 7) is 0.299. The van der Waals surface area contributed by atoms with E-state index < -0.39 is 34.9 Å². The molecule has 0 unspecified atom stereocenters. The molecule has 2 aliphatic heterocycles. The van der Waals surface area contributed by atoms with E-state index in [0.717, 1.165) is 20.7 Å². The number of aliphatic carboxylic acids is 1. The van der Waals surface area contributed by atoms with Crippen LogP contribution in [0.2, 0.25) is 0 Å². The van der Waals surface area contributed by atoms with E-state index in [1.165, 1.54) is 33.4 Å². The molecule has 0 radical (unpaired) electrons. The number of carboxylic acids is 1. The molecule has 1 fully saturated rings. The number of nitrogens with one attached hydrogen (secondary N) is 1. The number of carbonyl (C=O) groups is 3. The van der Waals surface area contributed by atoms with Gasteiger partial charge in [-0.15, -0.1) is 34.4 Å². The lowest BCUT2D eigenvalue weighted by atomic mass is 9.99. The number of thiazole rings is 1. The van der Waals surface area contributed by atoms with E-state index in [1.54, 1.807) is 7.11 Å². The number of hydrogen-bond donors (Lipinski definition) is 4. The highest BCUT2D eigenvalue weighted by molar-refractivity contribution is 9.10. The van der Waals surface area contributed by atoms with Crippen LogP contribution in [0.5, 0.6) is 0 Å². The van der Waals surface area contributed by atoms with Crippen molar-refractivity contribution in [3.8, 4) is 0 Å². The van der Waals surface area contributed by atoms with Crippen molar-refractivity contribution in [3.63, 3.8) is 0 Å². The Morgan fingerprint density at radius 3 is 2.79 bits per heavy atom. The lowest BCUT2D eigenvalue weighted by Gasteiger charge is -2.49. The molecule has 2 amide bonds. The van der Waals surface area contributed by atoms with Gasteiger partial charge in [0.05, 0.1) is 6.61 Å². The fourth-order valence-corrected chi connectivity index (χ4v) is 7.25. The molecule has 0 bridgehead atoms. The molecule has 1 saturated heterocycles. The maximum absolute atomic E-state index is 12.9. The van der Waals surface area contributed by atoms with Crippen LogP contribution < -0.4 is 11.1 Å². The number of thioether (sulfide) groups is 1. The highest BCUT2D eigenvalue weighted by Gasteiger charge is 2.55. The monoisotopic (exact) mass is 573 g/mol. The van der Waals surface area contributed by atoms with Crippen molar-refractivity contribution < 1.29 is 29.4 Å². The molecule has 0 aliphatic carbocycles. The normalized spacial score (nSPS) is 20.5. The summed E-state index contributed by atoms with van der Waals surface area (Å²) in [6, 6.07) is -0.990. The highest BCUT2D eigenvalue weighted by atomic mass is 79.9. The minimum absolute atomic E-state index is 0.0683. The fourth-order valence-electron chi connectivity index (χ4n) is 3.55. The van der Waals surface area contributed by atoms with Gasteiger partial charge in [0.1, 0.15) is 22.8 Å². The summed E-state index contributed by atoms with van der Waals surface area (Å²) in [4.78, 5) is 43.7. The lowest BCUT2D eigenvalue weighted by Crippen LogP contribution is -2.71. The first-order chi connectivity index (χ1) is 15.8. The zero-order chi connectivity index (χ0) is 23.9. The van der Waals surface area contributed by atoms with Gasteiger partial charge in [-0.3, -0.25) is 14.5 Å². The first-order valence-corrected chi connectivity index (χ1v) is 12.8. The number of nitrogens with two attached hydrogens (primary N) is 1. The summed E-state index contributed by atoms with van der Waals surface area (Å²) < 4.78 is 5.94. The molecule has 0 saturated carbocycles. The van der Waals surface area contributed by atoms with E-state index >= 15 is 0 Å². The van der Waals surface area contributed by atoms with Crippen LogP contribution in [0, 0.1) is 0 Å². The predicted molar refractivity (Wildman–Crippen MR) is 127 cm³/mol. The van der Waals surface area contributed by atoms with Gasteiger partial charge in [0.25, 0.3) is 11.8 Å². The SMILES string of the molecule is COCc1scc(Br)c1C1=C(C(=O)O)N2C(=O)[C@@H](NC(=O)C(=NO)c3csc(N)n3)[C@@H]2SC1. The van der Waals surface area contributed by atoms with Crippen molar-refractivity contribution in [2.24, 2.45) is 5.16 Å². The Labute approximate surface area is 207 Å². The predicted octanol–water partition coefficient (Wildman–Crippen LogP) is 1.77. The second-order valence-electron chi connectivity index (χ2n) is 6.83. The van der Waals surface area contributed by atoms with Crippen molar-refractivity contribution in [2.45, 2.75) is 18.0 Å². The number of β-lactam (4-membered cyclic amide) rings is 1. The average molecular weight is 574 g/mol. The summed E-state index contributed by atoms with van der Waals surface area (Å²) in [7, 11) is 1.55. The summed E-state index contributed by atoms with van der Waals surface area (Å²) in [5.74, 6) is -2.34. The summed E-state index contributed by atoms with van der Waals surface area (Å²) >= 11 is 7.28. The zero-order valence-electron chi connectivity index (χ0n) is 16.8. The fraction of sp³-hybridized carbons (Fsp3) is 0.278. The molecule has 174 valence electrons. The second kappa shape index (κ2) is 9.42. The minimum atomic E-state index is -1.24. The number of ether oxygens (including phenoxy) is 1. The van der Waals surface area contributed by atoms with E-state index in [0.29, 0.717) is 23.5 Å². The number of carbonyl (C=O) groups excluding carboxylic acids is 2. The number of nitrogen functional groups attached to an aromatic ring is 1. The van der Waals surface area contributed by atoms with Gasteiger partial charge in [-0.1, -0.05) is 5.16 Å². The number of amides is 2. The number of rotatable bonds is 7. The largest absolute Gasteiger partial charge is 0.477 e. The Balaban J connectivity index is 1.61. The van der Waals surface area contributed by atoms with E-state index in [-0.39, 0.29) is 16.5 Å². The van der Waals surface area contributed by atoms with Gasteiger partial charge in [0.2, 0.25) is 0 Å². The number of carboxylic acid groups (broad SMARTS) is 1. The quantitative estimate of drug-likeness (QED) is 0.167. The van der Waals surface area contributed by atoms with Gasteiger partial charge in [0, 0.05) is 44.1 Å². The third kappa shape index (κ3) is 4.14. The zero-order valence-corrected chi connectivity index (χ0v) is 20.8. The summed E-state index contributed by atoms with van der Waals surface area (Å²) in [6.07, 6.45) is 0. The molecule has 15 heteroatoms. The van der Waals surface area contributed by atoms with Crippen molar-refractivity contribution >= 4 is 84.6 Å². The second-order valence-corrected chi connectivity index (χ2v) is 10.6. The van der Waals surface area contributed by atoms with Crippen LogP contribution in [0.25, 0.3) is 5.57 Å². The Morgan fingerprint density at radius 2 is 2.18 bits per heavy atom. The molecular formula is C18H16BrN5O6S3. The van der Waals surface area contributed by atoms with Gasteiger partial charge < -0.3 is 26.1 Å².